The minimum Gasteiger partial charge on any atom is -0.352 e. The number of amides is 1. The van der Waals surface area contributed by atoms with Gasteiger partial charge in [0.05, 0.1) is 17.6 Å². The van der Waals surface area contributed by atoms with Crippen molar-refractivity contribution < 1.29 is 18.0 Å². The Morgan fingerprint density at radius 3 is 2.32 bits per heavy atom. The lowest BCUT2D eigenvalue weighted by molar-refractivity contribution is -0.137. The van der Waals surface area contributed by atoms with Crippen LogP contribution in [-0.4, -0.2) is 21.5 Å². The molecule has 1 saturated carbocycles. The molecule has 0 atom stereocenters. The van der Waals surface area contributed by atoms with Gasteiger partial charge in [0.15, 0.2) is 0 Å². The number of halogens is 3. The number of benzene rings is 1. The molecule has 0 bridgehead atoms. The summed E-state index contributed by atoms with van der Waals surface area (Å²) in [6, 6.07) is 5.80. The van der Waals surface area contributed by atoms with Gasteiger partial charge in [-0.1, -0.05) is 37.8 Å². The minimum atomic E-state index is -4.42. The first-order valence-corrected chi connectivity index (χ1v) is 9.36. The average Bonchev–Trinajstić information content (AvgIpc) is 2.91. The van der Waals surface area contributed by atoms with Crippen molar-refractivity contribution >= 4 is 5.91 Å². The number of hydrogen-bond donors (Lipinski definition) is 1. The van der Waals surface area contributed by atoms with E-state index in [9.17, 15) is 22.8 Å². The van der Waals surface area contributed by atoms with Crippen LogP contribution < -0.4 is 10.9 Å². The summed E-state index contributed by atoms with van der Waals surface area (Å²) in [4.78, 5) is 28.6. The van der Waals surface area contributed by atoms with Crippen LogP contribution in [0.5, 0.6) is 0 Å². The first-order chi connectivity index (χ1) is 13.3. The number of alkyl halides is 3. The Morgan fingerprint density at radius 1 is 1.11 bits per heavy atom. The number of hydrogen-bond acceptors (Lipinski definition) is 3. The Morgan fingerprint density at radius 2 is 1.75 bits per heavy atom. The zero-order valence-corrected chi connectivity index (χ0v) is 15.3. The predicted octanol–water partition coefficient (Wildman–Crippen LogP) is 3.77. The van der Waals surface area contributed by atoms with E-state index in [2.05, 4.69) is 10.3 Å². The second-order valence-electron chi connectivity index (χ2n) is 7.07. The van der Waals surface area contributed by atoms with Gasteiger partial charge < -0.3 is 5.32 Å². The molecule has 1 N–H and O–H groups in total. The van der Waals surface area contributed by atoms with Crippen LogP contribution in [0.4, 0.5) is 13.2 Å². The van der Waals surface area contributed by atoms with Gasteiger partial charge in [-0.25, -0.2) is 4.98 Å². The van der Waals surface area contributed by atoms with E-state index in [1.165, 1.54) is 41.9 Å². The van der Waals surface area contributed by atoms with Gasteiger partial charge in [0.1, 0.15) is 6.54 Å². The molecule has 1 aromatic heterocycles. The summed E-state index contributed by atoms with van der Waals surface area (Å²) in [6.45, 7) is -0.129. The summed E-state index contributed by atoms with van der Waals surface area (Å²) in [6.07, 6.45) is 3.28. The molecule has 1 amide bonds. The fourth-order valence-corrected chi connectivity index (χ4v) is 3.38. The molecule has 1 aliphatic rings. The molecule has 0 aliphatic heterocycles. The Bertz CT molecular complexity index is 868. The molecule has 0 saturated heterocycles. The zero-order valence-electron chi connectivity index (χ0n) is 15.3. The van der Waals surface area contributed by atoms with Crippen molar-refractivity contribution in [3.8, 4) is 11.3 Å². The van der Waals surface area contributed by atoms with E-state index >= 15 is 0 Å². The molecule has 5 nitrogen and oxygen atoms in total. The van der Waals surface area contributed by atoms with Crippen LogP contribution in [0, 0.1) is 0 Å². The molecular weight excluding hydrogens is 371 g/mol. The van der Waals surface area contributed by atoms with Crippen LogP contribution in [0.15, 0.2) is 41.5 Å². The van der Waals surface area contributed by atoms with Crippen molar-refractivity contribution in [3.05, 3.63) is 52.6 Å². The second-order valence-corrected chi connectivity index (χ2v) is 7.07. The number of aromatic nitrogens is 2. The molecule has 28 heavy (non-hydrogen) atoms. The zero-order chi connectivity index (χ0) is 20.1. The molecule has 2 aromatic rings. The maximum atomic E-state index is 12.6. The van der Waals surface area contributed by atoms with Crippen molar-refractivity contribution in [3.63, 3.8) is 0 Å². The van der Waals surface area contributed by atoms with Crippen LogP contribution in [-0.2, 0) is 17.5 Å². The van der Waals surface area contributed by atoms with E-state index in [1.54, 1.807) is 0 Å². The quantitative estimate of drug-likeness (QED) is 0.805. The van der Waals surface area contributed by atoms with Crippen molar-refractivity contribution in [1.82, 2.24) is 14.9 Å². The van der Waals surface area contributed by atoms with Crippen molar-refractivity contribution in [2.24, 2.45) is 0 Å². The summed E-state index contributed by atoms with van der Waals surface area (Å²) < 4.78 is 39.1. The van der Waals surface area contributed by atoms with Crippen molar-refractivity contribution in [2.75, 3.05) is 0 Å². The molecule has 1 heterocycles. The number of rotatable bonds is 4. The third-order valence-electron chi connectivity index (χ3n) is 4.92. The van der Waals surface area contributed by atoms with Crippen LogP contribution in [0.1, 0.15) is 44.1 Å². The lowest BCUT2D eigenvalue weighted by Crippen LogP contribution is -2.38. The maximum Gasteiger partial charge on any atom is 0.416 e. The van der Waals surface area contributed by atoms with Gasteiger partial charge in [0.2, 0.25) is 5.91 Å². The Kier molecular flexibility index (Phi) is 6.16. The first-order valence-electron chi connectivity index (χ1n) is 9.36. The highest BCUT2D eigenvalue weighted by Crippen LogP contribution is 2.30. The number of nitrogens with zero attached hydrogens (tertiary/aromatic N) is 2. The van der Waals surface area contributed by atoms with Gasteiger partial charge in [0, 0.05) is 17.7 Å². The van der Waals surface area contributed by atoms with E-state index in [4.69, 9.17) is 0 Å². The highest BCUT2D eigenvalue weighted by atomic mass is 19.4. The molecular formula is C20H22F3N3O2. The molecule has 0 spiro atoms. The first kappa shape index (κ1) is 20.1. The maximum absolute atomic E-state index is 12.6. The number of carbonyl (C=O) groups excluding carboxylic acids is 1. The van der Waals surface area contributed by atoms with Gasteiger partial charge in [-0.15, -0.1) is 0 Å². The van der Waals surface area contributed by atoms with E-state index in [1.807, 2.05) is 0 Å². The summed E-state index contributed by atoms with van der Waals surface area (Å²) in [5.41, 5.74) is -0.528. The van der Waals surface area contributed by atoms with Crippen LogP contribution >= 0.6 is 0 Å². The lowest BCUT2D eigenvalue weighted by atomic mass is 10.1. The predicted molar refractivity (Wildman–Crippen MR) is 98.6 cm³/mol. The fourth-order valence-electron chi connectivity index (χ4n) is 3.38. The van der Waals surface area contributed by atoms with Crippen molar-refractivity contribution in [2.45, 2.75) is 57.3 Å². The van der Waals surface area contributed by atoms with Gasteiger partial charge in [-0.3, -0.25) is 14.2 Å². The largest absolute Gasteiger partial charge is 0.416 e. The standard InChI is InChI=1S/C20H22F3N3O2/c21-20(22,23)15-9-7-14(8-10-15)17-11-19(28)26(13-24-17)12-18(27)25-16-5-3-1-2-4-6-16/h7-11,13,16H,1-6,12H2,(H,25,27). The van der Waals surface area contributed by atoms with E-state index in [0.29, 0.717) is 5.56 Å². The van der Waals surface area contributed by atoms with Crippen LogP contribution in [0.25, 0.3) is 11.3 Å². The molecule has 150 valence electrons. The summed E-state index contributed by atoms with van der Waals surface area (Å²) in [5.74, 6) is -0.238. The molecule has 1 aliphatic carbocycles. The van der Waals surface area contributed by atoms with E-state index in [-0.39, 0.29) is 24.2 Å². The molecule has 1 aromatic carbocycles. The molecule has 0 radical (unpaired) electrons. The van der Waals surface area contributed by atoms with E-state index in [0.717, 1.165) is 37.8 Å². The highest BCUT2D eigenvalue weighted by Gasteiger charge is 2.30. The van der Waals surface area contributed by atoms with Crippen LogP contribution in [0.3, 0.4) is 0 Å². The Labute approximate surface area is 160 Å². The Hall–Kier alpha value is -2.64. The second kappa shape index (κ2) is 8.58. The SMILES string of the molecule is O=C(Cn1cnc(-c2ccc(C(F)(F)F)cc2)cc1=O)NC1CCCCCC1. The average molecular weight is 393 g/mol. The summed E-state index contributed by atoms with van der Waals surface area (Å²) >= 11 is 0. The van der Waals surface area contributed by atoms with E-state index < -0.39 is 17.3 Å². The highest BCUT2D eigenvalue weighted by molar-refractivity contribution is 5.76. The Balaban J connectivity index is 1.66. The molecule has 8 heteroatoms. The number of carbonyl (C=O) groups is 1. The topological polar surface area (TPSA) is 64.0 Å². The van der Waals surface area contributed by atoms with Gasteiger partial charge in [0.25, 0.3) is 5.56 Å². The molecule has 0 unspecified atom stereocenters. The van der Waals surface area contributed by atoms with Crippen LogP contribution in [0.2, 0.25) is 0 Å². The summed E-state index contributed by atoms with van der Waals surface area (Å²) in [7, 11) is 0. The third-order valence-corrected chi connectivity index (χ3v) is 4.92. The van der Waals surface area contributed by atoms with Gasteiger partial charge >= 0.3 is 6.18 Å². The van der Waals surface area contributed by atoms with Gasteiger partial charge in [-0.05, 0) is 25.0 Å². The fraction of sp³-hybridized carbons (Fsp3) is 0.450. The summed E-state index contributed by atoms with van der Waals surface area (Å²) in [5, 5.41) is 2.97. The lowest BCUT2D eigenvalue weighted by Gasteiger charge is -2.16. The number of nitrogens with one attached hydrogen (secondary N) is 1. The van der Waals surface area contributed by atoms with Gasteiger partial charge in [-0.2, -0.15) is 13.2 Å². The minimum absolute atomic E-state index is 0.129. The third kappa shape index (κ3) is 5.21. The molecule has 1 fully saturated rings. The monoisotopic (exact) mass is 393 g/mol. The molecule has 3 rings (SSSR count). The normalized spacial score (nSPS) is 15.8. The van der Waals surface area contributed by atoms with Crippen molar-refractivity contribution in [1.29, 1.82) is 0 Å². The smallest absolute Gasteiger partial charge is 0.352 e.